The van der Waals surface area contributed by atoms with Crippen molar-refractivity contribution in [2.75, 3.05) is 47.5 Å². The van der Waals surface area contributed by atoms with E-state index in [4.69, 9.17) is 18.9 Å². The van der Waals surface area contributed by atoms with Gasteiger partial charge in [-0.1, -0.05) is 252 Å². The fourth-order valence-corrected chi connectivity index (χ4v) is 8.42. The number of esters is 2. The normalized spacial score (nSPS) is 13.5. The number of aliphatic carboxylic acids is 1. The molecule has 9 heteroatoms. The lowest BCUT2D eigenvalue weighted by molar-refractivity contribution is -0.870. The molecule has 78 heavy (non-hydrogen) atoms. The van der Waals surface area contributed by atoms with E-state index in [9.17, 15) is 19.5 Å². The van der Waals surface area contributed by atoms with E-state index >= 15 is 0 Å². The second-order valence-electron chi connectivity index (χ2n) is 22.0. The summed E-state index contributed by atoms with van der Waals surface area (Å²) in [7, 11) is 5.91. The van der Waals surface area contributed by atoms with Crippen LogP contribution in [0.2, 0.25) is 0 Å². The van der Waals surface area contributed by atoms with Gasteiger partial charge < -0.3 is 33.3 Å². The molecule has 0 aromatic rings. The van der Waals surface area contributed by atoms with Crippen LogP contribution in [-0.4, -0.2) is 82.3 Å². The van der Waals surface area contributed by atoms with Gasteiger partial charge in [0.15, 0.2) is 12.4 Å². The zero-order valence-electron chi connectivity index (χ0n) is 50.8. The van der Waals surface area contributed by atoms with Crippen molar-refractivity contribution in [3.63, 3.8) is 0 Å². The highest BCUT2D eigenvalue weighted by molar-refractivity contribution is 5.70. The second kappa shape index (κ2) is 59.1. The maximum Gasteiger partial charge on any atom is 0.306 e. The van der Waals surface area contributed by atoms with Crippen LogP contribution in [0.1, 0.15) is 251 Å². The summed E-state index contributed by atoms with van der Waals surface area (Å²) < 4.78 is 22.7. The minimum absolute atomic E-state index is 0.142. The molecule has 0 aromatic heterocycles. The van der Waals surface area contributed by atoms with Crippen molar-refractivity contribution in [2.45, 2.75) is 264 Å². The molecule has 0 aliphatic heterocycles. The molecule has 0 N–H and O–H groups in total. The number of allylic oxidation sites excluding steroid dienone is 18. The summed E-state index contributed by atoms with van der Waals surface area (Å²) >= 11 is 0. The van der Waals surface area contributed by atoms with Crippen LogP contribution in [0, 0.1) is 0 Å². The Morgan fingerprint density at radius 3 is 1.09 bits per heavy atom. The molecule has 0 aliphatic carbocycles. The molecule has 2 atom stereocenters. The number of likely N-dealkylation sites (N-methyl/N-ethyl adjacent to an activating group) is 1. The Balaban J connectivity index is 4.05. The van der Waals surface area contributed by atoms with Gasteiger partial charge in [0, 0.05) is 12.8 Å². The van der Waals surface area contributed by atoms with Crippen molar-refractivity contribution in [3.05, 3.63) is 109 Å². The maximum atomic E-state index is 12.9. The van der Waals surface area contributed by atoms with E-state index in [0.29, 0.717) is 17.4 Å². The molecule has 0 radical (unpaired) electrons. The highest BCUT2D eigenvalue weighted by Gasteiger charge is 2.22. The number of carbonyl (C=O) groups excluding carboxylic acids is 3. The van der Waals surface area contributed by atoms with E-state index in [1.807, 2.05) is 21.1 Å². The third-order valence-corrected chi connectivity index (χ3v) is 13.3. The lowest BCUT2D eigenvalue weighted by Crippen LogP contribution is -2.44. The van der Waals surface area contributed by atoms with Crippen LogP contribution in [-0.2, 0) is 33.3 Å². The highest BCUT2D eigenvalue weighted by Crippen LogP contribution is 2.16. The predicted octanol–water partition coefficient (Wildman–Crippen LogP) is 17.7. The summed E-state index contributed by atoms with van der Waals surface area (Å²) in [6, 6.07) is 0. The van der Waals surface area contributed by atoms with Gasteiger partial charge in [0.25, 0.3) is 0 Å². The Labute approximate surface area is 479 Å². The summed E-state index contributed by atoms with van der Waals surface area (Å²) in [5.41, 5.74) is 0. The number of carboxylic acids is 1. The van der Waals surface area contributed by atoms with Gasteiger partial charge in [0.2, 0.25) is 0 Å². The average molecular weight is 1090 g/mol. The molecule has 0 rings (SSSR count). The Kier molecular flexibility index (Phi) is 56.0. The standard InChI is InChI=1S/C69H117NO8/c1-6-8-10-12-14-16-18-20-22-23-24-25-26-27-28-29-30-31-32-33-34-35-36-37-38-39-40-41-42-43-44-45-46-48-50-52-54-56-58-60-67(72)78-65(64-77-69(68(73)74)75-62-61-70(3,4)5)63-76-66(71)59-57-55-53-51-49-47-21-19-17-15-13-11-9-7-2/h8,10,13-16,19-22,24-25,27-28,30-31,33-34,65,69H,6-7,9,11-12,17-18,23,26,29,32,35-64H2,1-5H3/b10-8-,15-13-,16-14-,21-19-,22-20-,25-24-,28-27-,31-30-,34-33-. The SMILES string of the molecule is CC/C=C\C/C=C\C/C=C\C/C=C\C/C=C\C/C=C\C/C=C\CCCCCCCCCCCCCCCCCCCC(=O)OC(COC(=O)CCCCCCC/C=C\C/C=C\CCCC)COC(OCC[N+](C)(C)C)C(=O)[O-]. The molecule has 0 spiro atoms. The molecule has 0 bridgehead atoms. The van der Waals surface area contributed by atoms with Gasteiger partial charge >= 0.3 is 11.9 Å². The number of carbonyl (C=O) groups is 3. The van der Waals surface area contributed by atoms with Crippen LogP contribution >= 0.6 is 0 Å². The van der Waals surface area contributed by atoms with Gasteiger partial charge in [-0.25, -0.2) is 0 Å². The summed E-state index contributed by atoms with van der Waals surface area (Å²) in [5.74, 6) is -2.30. The first-order chi connectivity index (χ1) is 38.1. The fraction of sp³-hybridized carbons (Fsp3) is 0.696. The molecule has 0 heterocycles. The molecule has 0 saturated heterocycles. The van der Waals surface area contributed by atoms with Gasteiger partial charge in [-0.2, -0.15) is 0 Å². The van der Waals surface area contributed by atoms with Gasteiger partial charge in [0.05, 0.1) is 40.3 Å². The Morgan fingerprint density at radius 1 is 0.397 bits per heavy atom. The lowest BCUT2D eigenvalue weighted by Gasteiger charge is -2.26. The van der Waals surface area contributed by atoms with E-state index < -0.39 is 24.3 Å². The van der Waals surface area contributed by atoms with E-state index in [-0.39, 0.29) is 38.6 Å². The van der Waals surface area contributed by atoms with Crippen molar-refractivity contribution in [3.8, 4) is 0 Å². The van der Waals surface area contributed by atoms with E-state index in [1.54, 1.807) is 0 Å². The first-order valence-corrected chi connectivity index (χ1v) is 31.5. The van der Waals surface area contributed by atoms with Crippen LogP contribution in [0.5, 0.6) is 0 Å². The van der Waals surface area contributed by atoms with Crippen molar-refractivity contribution >= 4 is 17.9 Å². The molecular formula is C69H117NO8. The molecule has 0 saturated carbocycles. The number of ether oxygens (including phenoxy) is 4. The number of carboxylic acid groups (broad SMARTS) is 1. The molecule has 0 aliphatic rings. The van der Waals surface area contributed by atoms with Crippen molar-refractivity contribution in [1.29, 1.82) is 0 Å². The predicted molar refractivity (Wildman–Crippen MR) is 329 cm³/mol. The zero-order chi connectivity index (χ0) is 56.9. The lowest BCUT2D eigenvalue weighted by atomic mass is 10.0. The van der Waals surface area contributed by atoms with Crippen LogP contribution in [0.25, 0.3) is 0 Å². The molecule has 0 aromatic carbocycles. The molecule has 2 unspecified atom stereocenters. The highest BCUT2D eigenvalue weighted by atomic mass is 16.7. The van der Waals surface area contributed by atoms with E-state index in [0.717, 1.165) is 116 Å². The number of hydrogen-bond donors (Lipinski definition) is 0. The smallest absolute Gasteiger partial charge is 0.306 e. The molecule has 0 amide bonds. The number of hydrogen-bond acceptors (Lipinski definition) is 8. The minimum Gasteiger partial charge on any atom is -0.545 e. The van der Waals surface area contributed by atoms with Crippen LogP contribution in [0.3, 0.4) is 0 Å². The second-order valence-corrected chi connectivity index (χ2v) is 22.0. The Hall–Kier alpha value is -4.05. The first-order valence-electron chi connectivity index (χ1n) is 31.5. The minimum atomic E-state index is -1.63. The van der Waals surface area contributed by atoms with Crippen molar-refractivity contribution in [2.24, 2.45) is 0 Å². The third kappa shape index (κ3) is 59.6. The first kappa shape index (κ1) is 74.0. The monoisotopic (exact) mass is 1090 g/mol. The Bertz CT molecular complexity index is 1640. The maximum absolute atomic E-state index is 12.9. The largest absolute Gasteiger partial charge is 0.545 e. The van der Waals surface area contributed by atoms with Crippen molar-refractivity contribution in [1.82, 2.24) is 0 Å². The number of quaternary nitrogens is 1. The summed E-state index contributed by atoms with van der Waals surface area (Å²) in [4.78, 5) is 37.3. The molecular weight excluding hydrogens is 971 g/mol. The zero-order valence-corrected chi connectivity index (χ0v) is 50.8. The number of rotatable bonds is 57. The van der Waals surface area contributed by atoms with Crippen molar-refractivity contribution < 1.29 is 42.9 Å². The van der Waals surface area contributed by atoms with Gasteiger partial charge in [-0.15, -0.1) is 0 Å². The topological polar surface area (TPSA) is 111 Å². The number of unbranched alkanes of at least 4 members (excludes halogenated alkanes) is 24. The van der Waals surface area contributed by atoms with Gasteiger partial charge in [-0.3, -0.25) is 9.59 Å². The van der Waals surface area contributed by atoms with Crippen LogP contribution < -0.4 is 5.11 Å². The van der Waals surface area contributed by atoms with Crippen LogP contribution in [0.15, 0.2) is 109 Å². The van der Waals surface area contributed by atoms with E-state index in [2.05, 4.69) is 123 Å². The summed E-state index contributed by atoms with van der Waals surface area (Å²) in [5, 5.41) is 11.8. The van der Waals surface area contributed by atoms with E-state index in [1.165, 1.54) is 103 Å². The Morgan fingerprint density at radius 2 is 0.731 bits per heavy atom. The summed E-state index contributed by atoms with van der Waals surface area (Å²) in [6.07, 6.45) is 78.8. The number of nitrogens with zero attached hydrogens (tertiary/aromatic N) is 1. The quantitative estimate of drug-likeness (QED) is 0.0195. The fourth-order valence-electron chi connectivity index (χ4n) is 8.42. The van der Waals surface area contributed by atoms with Crippen LogP contribution in [0.4, 0.5) is 0 Å². The van der Waals surface area contributed by atoms with Gasteiger partial charge in [-0.05, 0) is 96.3 Å². The summed E-state index contributed by atoms with van der Waals surface area (Å²) in [6.45, 7) is 4.57. The van der Waals surface area contributed by atoms with Gasteiger partial charge in [0.1, 0.15) is 13.2 Å². The molecule has 446 valence electrons. The average Bonchev–Trinajstić information content (AvgIpc) is 3.41. The molecule has 0 fully saturated rings. The third-order valence-electron chi connectivity index (χ3n) is 13.3. The molecule has 9 nitrogen and oxygen atoms in total.